The molecular weight excluding hydrogens is 276 g/mol. The fourth-order valence-corrected chi connectivity index (χ4v) is 1.76. The fourth-order valence-electron chi connectivity index (χ4n) is 1.76. The van der Waals surface area contributed by atoms with Gasteiger partial charge in [0.05, 0.1) is 0 Å². The van der Waals surface area contributed by atoms with Crippen LogP contribution >= 0.6 is 0 Å². The highest BCUT2D eigenvalue weighted by Crippen LogP contribution is 2.16. The van der Waals surface area contributed by atoms with Crippen LogP contribution in [0.25, 0.3) is 12.2 Å². The van der Waals surface area contributed by atoms with Crippen molar-refractivity contribution in [2.45, 2.75) is 0 Å². The van der Waals surface area contributed by atoms with E-state index in [4.69, 9.17) is 5.11 Å². The molecule has 0 saturated heterocycles. The molecule has 0 spiro atoms. The van der Waals surface area contributed by atoms with Crippen molar-refractivity contribution in [2.24, 2.45) is 0 Å². The van der Waals surface area contributed by atoms with Gasteiger partial charge in [-0.2, -0.15) is 0 Å². The van der Waals surface area contributed by atoms with Gasteiger partial charge in [0, 0.05) is 5.56 Å². The van der Waals surface area contributed by atoms with E-state index in [-0.39, 0.29) is 17.3 Å². The van der Waals surface area contributed by atoms with Crippen molar-refractivity contribution in [2.75, 3.05) is 0 Å². The Morgan fingerprint density at radius 3 is 2.27 bits per heavy atom. The van der Waals surface area contributed by atoms with Crippen LogP contribution in [0.2, 0.25) is 0 Å². The molecule has 110 valence electrons. The molecule has 0 unspecified atom stereocenters. The Morgan fingerprint density at radius 2 is 1.55 bits per heavy atom. The number of rotatable bonds is 5. The van der Waals surface area contributed by atoms with Crippen LogP contribution in [0.15, 0.2) is 72.8 Å². The summed E-state index contributed by atoms with van der Waals surface area (Å²) in [6.07, 6.45) is 9.61. The highest BCUT2D eigenvalue weighted by atomic mass is 16.3. The van der Waals surface area contributed by atoms with Crippen molar-refractivity contribution in [3.63, 3.8) is 0 Å². The van der Waals surface area contributed by atoms with E-state index in [0.717, 1.165) is 5.56 Å². The zero-order valence-corrected chi connectivity index (χ0v) is 11.9. The van der Waals surface area contributed by atoms with Crippen molar-refractivity contribution in [1.82, 2.24) is 0 Å². The number of allylic oxidation sites excluding steroid dienone is 4. The molecule has 3 nitrogen and oxygen atoms in total. The SMILES string of the molecule is O=C(/C=C/C=C/c1ccccc1O)/C=C/c1ccc(O)cc1. The lowest BCUT2D eigenvalue weighted by Crippen LogP contribution is -1.83. The molecule has 2 N–H and O–H groups in total. The van der Waals surface area contributed by atoms with Crippen molar-refractivity contribution < 1.29 is 15.0 Å². The molecule has 0 radical (unpaired) electrons. The third-order valence-electron chi connectivity index (χ3n) is 2.92. The van der Waals surface area contributed by atoms with Gasteiger partial charge >= 0.3 is 0 Å². The lowest BCUT2D eigenvalue weighted by molar-refractivity contribution is -0.110. The summed E-state index contributed by atoms with van der Waals surface area (Å²) in [6, 6.07) is 13.5. The number of phenols is 2. The van der Waals surface area contributed by atoms with Gasteiger partial charge < -0.3 is 10.2 Å². The van der Waals surface area contributed by atoms with Crippen LogP contribution in [0.3, 0.4) is 0 Å². The van der Waals surface area contributed by atoms with Gasteiger partial charge in [-0.25, -0.2) is 0 Å². The molecule has 3 heteroatoms. The number of ketones is 1. The van der Waals surface area contributed by atoms with Crippen LogP contribution in [0.4, 0.5) is 0 Å². The molecule has 22 heavy (non-hydrogen) atoms. The average molecular weight is 292 g/mol. The van der Waals surface area contributed by atoms with E-state index in [1.54, 1.807) is 66.8 Å². The quantitative estimate of drug-likeness (QED) is 0.648. The van der Waals surface area contributed by atoms with E-state index in [1.807, 2.05) is 6.07 Å². The standard InChI is InChI=1S/C19H16O3/c20-17(12-9-15-10-13-18(21)14-11-15)7-3-1-5-16-6-2-4-8-19(16)22/h1-14,21-22H/b5-1+,7-3+,12-9+. The topological polar surface area (TPSA) is 57.5 Å². The van der Waals surface area contributed by atoms with Gasteiger partial charge in [-0.05, 0) is 35.9 Å². The third kappa shape index (κ3) is 4.80. The van der Waals surface area contributed by atoms with E-state index in [9.17, 15) is 9.90 Å². The zero-order chi connectivity index (χ0) is 15.8. The summed E-state index contributed by atoms with van der Waals surface area (Å²) in [5.41, 5.74) is 1.53. The number of phenolic OH excluding ortho intramolecular Hbond substituents is 2. The second-order valence-corrected chi connectivity index (χ2v) is 4.60. The number of para-hydroxylation sites is 1. The second kappa shape index (κ2) is 7.64. The molecule has 0 heterocycles. The summed E-state index contributed by atoms with van der Waals surface area (Å²) in [5.74, 6) is 0.249. The van der Waals surface area contributed by atoms with Crippen LogP contribution < -0.4 is 0 Å². The Labute approximate surface area is 129 Å². The number of aromatic hydroxyl groups is 2. The minimum atomic E-state index is -0.144. The van der Waals surface area contributed by atoms with E-state index in [1.165, 1.54) is 12.2 Å². The zero-order valence-electron chi connectivity index (χ0n) is 11.9. The maximum atomic E-state index is 11.7. The predicted octanol–water partition coefficient (Wildman–Crippen LogP) is 3.95. The first kappa shape index (κ1) is 15.3. The monoisotopic (exact) mass is 292 g/mol. The average Bonchev–Trinajstić information content (AvgIpc) is 2.52. The Kier molecular flexibility index (Phi) is 5.32. The van der Waals surface area contributed by atoms with Crippen molar-refractivity contribution in [3.05, 3.63) is 84.0 Å². The van der Waals surface area contributed by atoms with Crippen LogP contribution in [-0.4, -0.2) is 16.0 Å². The van der Waals surface area contributed by atoms with E-state index in [2.05, 4.69) is 0 Å². The normalized spacial score (nSPS) is 11.6. The molecule has 0 amide bonds. The van der Waals surface area contributed by atoms with Gasteiger partial charge in [-0.3, -0.25) is 4.79 Å². The summed E-state index contributed by atoms with van der Waals surface area (Å²) in [7, 11) is 0. The number of carbonyl (C=O) groups is 1. The summed E-state index contributed by atoms with van der Waals surface area (Å²) < 4.78 is 0. The lowest BCUT2D eigenvalue weighted by Gasteiger charge is -1.95. The number of hydrogen-bond acceptors (Lipinski definition) is 3. The molecule has 0 aliphatic heterocycles. The van der Waals surface area contributed by atoms with Gasteiger partial charge in [0.25, 0.3) is 0 Å². The summed E-state index contributed by atoms with van der Waals surface area (Å²) in [5, 5.41) is 18.7. The first-order chi connectivity index (χ1) is 10.6. The molecule has 0 bridgehead atoms. The highest BCUT2D eigenvalue weighted by Gasteiger charge is 1.93. The molecule has 0 aromatic heterocycles. The van der Waals surface area contributed by atoms with Crippen LogP contribution in [0.1, 0.15) is 11.1 Å². The summed E-state index contributed by atoms with van der Waals surface area (Å²) in [6.45, 7) is 0. The second-order valence-electron chi connectivity index (χ2n) is 4.60. The van der Waals surface area contributed by atoms with Crippen molar-refractivity contribution >= 4 is 17.9 Å². The van der Waals surface area contributed by atoms with Crippen molar-refractivity contribution in [1.29, 1.82) is 0 Å². The minimum absolute atomic E-state index is 0.144. The lowest BCUT2D eigenvalue weighted by atomic mass is 10.1. The molecule has 0 saturated carbocycles. The molecule has 0 atom stereocenters. The van der Waals surface area contributed by atoms with Crippen LogP contribution in [-0.2, 0) is 4.79 Å². The Bertz CT molecular complexity index is 723. The van der Waals surface area contributed by atoms with Crippen LogP contribution in [0, 0.1) is 0 Å². The Hall–Kier alpha value is -3.07. The Balaban J connectivity index is 1.91. The number of carbonyl (C=O) groups excluding carboxylic acids is 1. The maximum Gasteiger partial charge on any atom is 0.178 e. The summed E-state index contributed by atoms with van der Waals surface area (Å²) in [4.78, 5) is 11.7. The fraction of sp³-hybridized carbons (Fsp3) is 0. The van der Waals surface area contributed by atoms with Gasteiger partial charge in [-0.1, -0.05) is 54.6 Å². The van der Waals surface area contributed by atoms with Gasteiger partial charge in [0.2, 0.25) is 0 Å². The minimum Gasteiger partial charge on any atom is -0.508 e. The van der Waals surface area contributed by atoms with Gasteiger partial charge in [0.1, 0.15) is 11.5 Å². The molecule has 0 aliphatic rings. The van der Waals surface area contributed by atoms with Crippen LogP contribution in [0.5, 0.6) is 11.5 Å². The molecule has 0 aliphatic carbocycles. The van der Waals surface area contributed by atoms with E-state index in [0.29, 0.717) is 5.56 Å². The third-order valence-corrected chi connectivity index (χ3v) is 2.92. The molecule has 0 fully saturated rings. The number of benzene rings is 2. The number of hydrogen-bond donors (Lipinski definition) is 2. The van der Waals surface area contributed by atoms with Gasteiger partial charge in [-0.15, -0.1) is 0 Å². The Morgan fingerprint density at radius 1 is 0.818 bits per heavy atom. The largest absolute Gasteiger partial charge is 0.508 e. The summed E-state index contributed by atoms with van der Waals surface area (Å²) >= 11 is 0. The maximum absolute atomic E-state index is 11.7. The molecule has 2 aromatic rings. The molecule has 2 aromatic carbocycles. The first-order valence-electron chi connectivity index (χ1n) is 6.79. The van der Waals surface area contributed by atoms with E-state index >= 15 is 0 Å². The molecular formula is C19H16O3. The first-order valence-corrected chi connectivity index (χ1v) is 6.79. The smallest absolute Gasteiger partial charge is 0.178 e. The van der Waals surface area contributed by atoms with Gasteiger partial charge in [0.15, 0.2) is 5.78 Å². The van der Waals surface area contributed by atoms with E-state index < -0.39 is 0 Å². The molecule has 2 rings (SSSR count). The highest BCUT2D eigenvalue weighted by molar-refractivity contribution is 6.02. The van der Waals surface area contributed by atoms with Crippen molar-refractivity contribution in [3.8, 4) is 11.5 Å². The predicted molar refractivity (Wildman–Crippen MR) is 88.4 cm³/mol.